The molecular weight excluding hydrogens is 316 g/mol. The van der Waals surface area contributed by atoms with Gasteiger partial charge < -0.3 is 5.32 Å². The van der Waals surface area contributed by atoms with Crippen molar-refractivity contribution >= 4 is 29.0 Å². The molecule has 0 fully saturated rings. The molecule has 1 aromatic heterocycles. The summed E-state index contributed by atoms with van der Waals surface area (Å²) in [4.78, 5) is 14.2. The maximum absolute atomic E-state index is 11.8. The molecular formula is C15H18N4OS2. The van der Waals surface area contributed by atoms with E-state index in [2.05, 4.69) is 44.7 Å². The second kappa shape index (κ2) is 7.71. The van der Waals surface area contributed by atoms with Crippen LogP contribution in [0.4, 0.5) is 0 Å². The standard InChI is InChI=1S/C15H18N4OS2/c20-14(10-21-15-18-17-11-22-15)16-6-8-19-7-5-12-3-1-2-4-13(12)9-19/h1-4,11H,5-10H2,(H,16,20). The van der Waals surface area contributed by atoms with Gasteiger partial charge in [0.15, 0.2) is 4.34 Å². The van der Waals surface area contributed by atoms with Crippen molar-refractivity contribution in [1.82, 2.24) is 20.4 Å². The van der Waals surface area contributed by atoms with E-state index in [1.165, 1.54) is 34.2 Å². The Morgan fingerprint density at radius 1 is 1.36 bits per heavy atom. The van der Waals surface area contributed by atoms with Crippen LogP contribution in [0.5, 0.6) is 0 Å². The van der Waals surface area contributed by atoms with Gasteiger partial charge in [0.2, 0.25) is 5.91 Å². The fourth-order valence-corrected chi connectivity index (χ4v) is 3.82. The van der Waals surface area contributed by atoms with Crippen LogP contribution in [0, 0.1) is 0 Å². The molecule has 0 spiro atoms. The average Bonchev–Trinajstić information content (AvgIpc) is 3.06. The molecule has 1 aliphatic heterocycles. The summed E-state index contributed by atoms with van der Waals surface area (Å²) in [7, 11) is 0. The molecule has 0 unspecified atom stereocenters. The summed E-state index contributed by atoms with van der Waals surface area (Å²) in [6.07, 6.45) is 1.09. The van der Waals surface area contributed by atoms with E-state index < -0.39 is 0 Å². The largest absolute Gasteiger partial charge is 0.354 e. The number of carbonyl (C=O) groups is 1. The third kappa shape index (κ3) is 4.28. The maximum atomic E-state index is 11.8. The van der Waals surface area contributed by atoms with Crippen LogP contribution in [0.15, 0.2) is 34.1 Å². The molecule has 1 aliphatic rings. The van der Waals surface area contributed by atoms with Crippen LogP contribution in [0.25, 0.3) is 0 Å². The Hall–Kier alpha value is -1.44. The minimum atomic E-state index is 0.0533. The van der Waals surface area contributed by atoms with Gasteiger partial charge in [-0.1, -0.05) is 47.4 Å². The zero-order valence-electron chi connectivity index (χ0n) is 12.2. The van der Waals surface area contributed by atoms with Gasteiger partial charge in [-0.2, -0.15) is 0 Å². The number of nitrogens with zero attached hydrogens (tertiary/aromatic N) is 3. The molecule has 5 nitrogen and oxygen atoms in total. The first-order chi connectivity index (χ1) is 10.8. The Labute approximate surface area is 138 Å². The highest BCUT2D eigenvalue weighted by molar-refractivity contribution is 8.01. The molecule has 22 heavy (non-hydrogen) atoms. The lowest BCUT2D eigenvalue weighted by Gasteiger charge is -2.28. The maximum Gasteiger partial charge on any atom is 0.230 e. The quantitative estimate of drug-likeness (QED) is 0.817. The van der Waals surface area contributed by atoms with Crippen LogP contribution in [0.1, 0.15) is 11.1 Å². The minimum absolute atomic E-state index is 0.0533. The van der Waals surface area contributed by atoms with Gasteiger partial charge in [-0.25, -0.2) is 0 Å². The molecule has 1 amide bonds. The third-order valence-corrected chi connectivity index (χ3v) is 5.49. The molecule has 7 heteroatoms. The number of hydrogen-bond acceptors (Lipinski definition) is 6. The summed E-state index contributed by atoms with van der Waals surface area (Å²) in [6.45, 7) is 3.62. The summed E-state index contributed by atoms with van der Waals surface area (Å²) in [5.41, 5.74) is 4.54. The van der Waals surface area contributed by atoms with E-state index in [9.17, 15) is 4.79 Å². The van der Waals surface area contributed by atoms with E-state index in [0.29, 0.717) is 12.3 Å². The van der Waals surface area contributed by atoms with Gasteiger partial charge >= 0.3 is 0 Å². The first-order valence-corrected chi connectivity index (χ1v) is 9.12. The number of rotatable bonds is 6. The highest BCUT2D eigenvalue weighted by Gasteiger charge is 2.15. The van der Waals surface area contributed by atoms with E-state index in [4.69, 9.17) is 0 Å². The van der Waals surface area contributed by atoms with Crippen molar-refractivity contribution < 1.29 is 4.79 Å². The van der Waals surface area contributed by atoms with Crippen molar-refractivity contribution in [3.63, 3.8) is 0 Å². The van der Waals surface area contributed by atoms with Gasteiger partial charge in [0, 0.05) is 26.2 Å². The monoisotopic (exact) mass is 334 g/mol. The van der Waals surface area contributed by atoms with Crippen LogP contribution in [0.2, 0.25) is 0 Å². The number of aromatic nitrogens is 2. The SMILES string of the molecule is O=C(CSc1nncs1)NCCN1CCc2ccccc2C1. The summed E-state index contributed by atoms with van der Waals surface area (Å²) in [6, 6.07) is 8.59. The molecule has 3 rings (SSSR count). The summed E-state index contributed by atoms with van der Waals surface area (Å²) < 4.78 is 0.836. The van der Waals surface area contributed by atoms with Crippen molar-refractivity contribution in [3.8, 4) is 0 Å². The second-order valence-corrected chi connectivity index (χ2v) is 7.19. The molecule has 1 N–H and O–H groups in total. The van der Waals surface area contributed by atoms with Gasteiger partial charge in [-0.3, -0.25) is 9.69 Å². The highest BCUT2D eigenvalue weighted by Crippen LogP contribution is 2.19. The molecule has 0 aliphatic carbocycles. The predicted octanol–water partition coefficient (Wildman–Crippen LogP) is 1.80. The molecule has 0 bridgehead atoms. The van der Waals surface area contributed by atoms with Crippen LogP contribution >= 0.6 is 23.1 Å². The number of nitrogens with one attached hydrogen (secondary N) is 1. The van der Waals surface area contributed by atoms with Gasteiger partial charge in [-0.15, -0.1) is 10.2 Å². The zero-order valence-corrected chi connectivity index (χ0v) is 13.8. The van der Waals surface area contributed by atoms with Crippen molar-refractivity contribution in [2.24, 2.45) is 0 Å². The predicted molar refractivity (Wildman–Crippen MR) is 89.1 cm³/mol. The highest BCUT2D eigenvalue weighted by atomic mass is 32.2. The lowest BCUT2D eigenvalue weighted by Crippen LogP contribution is -2.38. The van der Waals surface area contributed by atoms with Crippen LogP contribution in [-0.2, 0) is 17.8 Å². The Bertz CT molecular complexity index is 618. The topological polar surface area (TPSA) is 58.1 Å². The lowest BCUT2D eigenvalue weighted by molar-refractivity contribution is -0.118. The number of benzene rings is 1. The Kier molecular flexibility index (Phi) is 5.42. The fourth-order valence-electron chi connectivity index (χ4n) is 2.50. The zero-order chi connectivity index (χ0) is 15.2. The number of hydrogen-bond donors (Lipinski definition) is 1. The summed E-state index contributed by atoms with van der Waals surface area (Å²) >= 11 is 2.89. The Morgan fingerprint density at radius 2 is 2.23 bits per heavy atom. The number of thioether (sulfide) groups is 1. The third-order valence-electron chi connectivity index (χ3n) is 3.63. The van der Waals surface area contributed by atoms with E-state index in [-0.39, 0.29) is 5.91 Å². The van der Waals surface area contributed by atoms with Crippen molar-refractivity contribution in [2.45, 2.75) is 17.3 Å². The Morgan fingerprint density at radius 3 is 3.05 bits per heavy atom. The molecule has 1 aromatic carbocycles. The van der Waals surface area contributed by atoms with E-state index >= 15 is 0 Å². The van der Waals surface area contributed by atoms with E-state index in [1.54, 1.807) is 5.51 Å². The Balaban J connectivity index is 1.36. The van der Waals surface area contributed by atoms with E-state index in [0.717, 1.165) is 30.4 Å². The van der Waals surface area contributed by atoms with E-state index in [1.807, 2.05) is 0 Å². The number of carbonyl (C=O) groups excluding carboxylic acids is 1. The van der Waals surface area contributed by atoms with Crippen LogP contribution in [-0.4, -0.2) is 46.4 Å². The number of amides is 1. The van der Waals surface area contributed by atoms with Gasteiger partial charge in [0.1, 0.15) is 5.51 Å². The van der Waals surface area contributed by atoms with Gasteiger partial charge in [-0.05, 0) is 17.5 Å². The van der Waals surface area contributed by atoms with Crippen molar-refractivity contribution in [3.05, 3.63) is 40.9 Å². The minimum Gasteiger partial charge on any atom is -0.354 e. The molecule has 2 heterocycles. The van der Waals surface area contributed by atoms with Gasteiger partial charge in [0.25, 0.3) is 0 Å². The molecule has 2 aromatic rings. The molecule has 0 atom stereocenters. The van der Waals surface area contributed by atoms with Crippen molar-refractivity contribution in [2.75, 3.05) is 25.4 Å². The van der Waals surface area contributed by atoms with Crippen LogP contribution < -0.4 is 5.32 Å². The smallest absolute Gasteiger partial charge is 0.230 e. The number of fused-ring (bicyclic) bond motifs is 1. The van der Waals surface area contributed by atoms with Gasteiger partial charge in [0.05, 0.1) is 5.75 Å². The second-order valence-electron chi connectivity index (χ2n) is 5.14. The van der Waals surface area contributed by atoms with Crippen molar-refractivity contribution in [1.29, 1.82) is 0 Å². The molecule has 0 saturated carbocycles. The molecule has 0 saturated heterocycles. The lowest BCUT2D eigenvalue weighted by atomic mass is 10.00. The molecule has 0 radical (unpaired) electrons. The summed E-state index contributed by atoms with van der Waals surface area (Å²) in [5.74, 6) is 0.454. The summed E-state index contributed by atoms with van der Waals surface area (Å²) in [5, 5.41) is 10.6. The fraction of sp³-hybridized carbons (Fsp3) is 0.400. The molecule has 116 valence electrons. The first-order valence-electron chi connectivity index (χ1n) is 7.26. The average molecular weight is 334 g/mol. The first kappa shape index (κ1) is 15.5. The normalized spacial score (nSPS) is 14.5. The van der Waals surface area contributed by atoms with Crippen LogP contribution in [0.3, 0.4) is 0 Å².